The van der Waals surface area contributed by atoms with Crippen LogP contribution in [0.4, 0.5) is 0 Å². The zero-order valence-electron chi connectivity index (χ0n) is 14.3. The van der Waals surface area contributed by atoms with Crippen molar-refractivity contribution in [3.63, 3.8) is 0 Å². The van der Waals surface area contributed by atoms with Gasteiger partial charge in [0.15, 0.2) is 5.82 Å². The smallest absolute Gasteiger partial charge is 0.255 e. The van der Waals surface area contributed by atoms with Crippen molar-refractivity contribution in [3.05, 3.63) is 84.2 Å². The summed E-state index contributed by atoms with van der Waals surface area (Å²) < 4.78 is 1.82. The summed E-state index contributed by atoms with van der Waals surface area (Å²) in [4.78, 5) is 18.5. The van der Waals surface area contributed by atoms with Gasteiger partial charge in [-0.05, 0) is 23.8 Å². The molecule has 0 fully saturated rings. The molecule has 0 aliphatic carbocycles. The predicted octanol–water partition coefficient (Wildman–Crippen LogP) is 3.06. The fraction of sp³-hybridized carbons (Fsp3) is 0.100. The van der Waals surface area contributed by atoms with E-state index in [1.54, 1.807) is 18.1 Å². The Morgan fingerprint density at radius 2 is 1.77 bits per heavy atom. The number of carbonyl (C=O) groups is 1. The zero-order valence-corrected chi connectivity index (χ0v) is 14.3. The fourth-order valence-electron chi connectivity index (χ4n) is 2.85. The van der Waals surface area contributed by atoms with E-state index in [0.717, 1.165) is 11.1 Å². The Hall–Kier alpha value is -3.54. The van der Waals surface area contributed by atoms with Crippen molar-refractivity contribution >= 4 is 11.7 Å². The lowest BCUT2D eigenvalue weighted by Gasteiger charge is -2.17. The second kappa shape index (κ2) is 6.76. The summed E-state index contributed by atoms with van der Waals surface area (Å²) in [6.07, 6.45) is 3.54. The molecule has 4 rings (SSSR count). The Morgan fingerprint density at radius 1 is 1.00 bits per heavy atom. The molecule has 6 heteroatoms. The second-order valence-electron chi connectivity index (χ2n) is 6.04. The topological polar surface area (TPSA) is 63.4 Å². The monoisotopic (exact) mass is 343 g/mol. The van der Waals surface area contributed by atoms with Gasteiger partial charge in [0.25, 0.3) is 11.7 Å². The molecule has 1 amide bonds. The maximum atomic E-state index is 12.6. The average Bonchev–Trinajstić information content (AvgIpc) is 3.12. The third-order valence-corrected chi connectivity index (χ3v) is 4.19. The van der Waals surface area contributed by atoms with Gasteiger partial charge in [-0.3, -0.25) is 9.20 Å². The lowest BCUT2D eigenvalue weighted by Crippen LogP contribution is -2.26. The van der Waals surface area contributed by atoms with Gasteiger partial charge in [-0.1, -0.05) is 42.5 Å². The summed E-state index contributed by atoms with van der Waals surface area (Å²) in [6.45, 7) is 0.571. The van der Waals surface area contributed by atoms with Crippen LogP contribution in [0.15, 0.2) is 73.1 Å². The second-order valence-corrected chi connectivity index (χ2v) is 6.04. The predicted molar refractivity (Wildman–Crippen MR) is 98.5 cm³/mol. The van der Waals surface area contributed by atoms with Crippen LogP contribution >= 0.6 is 0 Å². The van der Waals surface area contributed by atoms with Crippen molar-refractivity contribution in [1.82, 2.24) is 24.5 Å². The maximum Gasteiger partial charge on any atom is 0.255 e. The van der Waals surface area contributed by atoms with Crippen LogP contribution in [0.25, 0.3) is 17.2 Å². The normalized spacial score (nSPS) is 10.8. The molecule has 26 heavy (non-hydrogen) atoms. The van der Waals surface area contributed by atoms with Crippen molar-refractivity contribution < 1.29 is 4.79 Å². The minimum atomic E-state index is -0.0202. The Labute approximate surface area is 150 Å². The van der Waals surface area contributed by atoms with E-state index >= 15 is 0 Å². The summed E-state index contributed by atoms with van der Waals surface area (Å²) in [5.74, 6) is 1.23. The summed E-state index contributed by atoms with van der Waals surface area (Å²) in [5.41, 5.74) is 2.62. The first kappa shape index (κ1) is 16.0. The van der Waals surface area contributed by atoms with E-state index in [0.29, 0.717) is 23.7 Å². The molecule has 128 valence electrons. The van der Waals surface area contributed by atoms with Crippen LogP contribution in [0, 0.1) is 0 Å². The van der Waals surface area contributed by atoms with Gasteiger partial charge in [0.1, 0.15) is 0 Å². The molecule has 0 aliphatic heterocycles. The van der Waals surface area contributed by atoms with Crippen LogP contribution in [0.5, 0.6) is 0 Å². The van der Waals surface area contributed by atoms with E-state index < -0.39 is 0 Å². The Kier molecular flexibility index (Phi) is 4.15. The first-order valence-corrected chi connectivity index (χ1v) is 8.28. The molecular formula is C20H17N5O. The molecule has 4 aromatic rings. The molecule has 0 atom stereocenters. The van der Waals surface area contributed by atoms with Gasteiger partial charge in [-0.25, -0.2) is 4.98 Å². The molecule has 0 bridgehead atoms. The van der Waals surface area contributed by atoms with Crippen molar-refractivity contribution in [1.29, 1.82) is 0 Å². The number of hydrogen-bond donors (Lipinski definition) is 0. The van der Waals surface area contributed by atoms with Crippen LogP contribution in [-0.4, -0.2) is 37.4 Å². The number of amides is 1. The number of fused-ring (bicyclic) bond motifs is 1. The molecule has 6 nitrogen and oxygen atoms in total. The molecule has 2 aromatic carbocycles. The van der Waals surface area contributed by atoms with Crippen LogP contribution in [0.1, 0.15) is 15.9 Å². The third-order valence-electron chi connectivity index (χ3n) is 4.19. The molecule has 2 aromatic heterocycles. The van der Waals surface area contributed by atoms with Gasteiger partial charge in [0.05, 0.1) is 0 Å². The Bertz CT molecular complexity index is 1040. The lowest BCUT2D eigenvalue weighted by atomic mass is 10.1. The summed E-state index contributed by atoms with van der Waals surface area (Å²) in [5, 5.41) is 8.24. The van der Waals surface area contributed by atoms with Gasteiger partial charge < -0.3 is 4.90 Å². The van der Waals surface area contributed by atoms with Gasteiger partial charge in [0, 0.05) is 37.1 Å². The van der Waals surface area contributed by atoms with E-state index in [9.17, 15) is 4.79 Å². The van der Waals surface area contributed by atoms with E-state index in [1.807, 2.05) is 71.3 Å². The maximum absolute atomic E-state index is 12.6. The standard InChI is InChI=1S/C20H17N5O/c1-24(14-15-6-3-2-4-7-15)19(26)17-10-8-16(9-11-17)18-22-23-20-21-12-5-13-25(18)20/h2-13H,14H2,1H3. The van der Waals surface area contributed by atoms with Crippen molar-refractivity contribution in [2.45, 2.75) is 6.54 Å². The van der Waals surface area contributed by atoms with Crippen molar-refractivity contribution in [2.75, 3.05) is 7.05 Å². The van der Waals surface area contributed by atoms with Crippen molar-refractivity contribution in [3.8, 4) is 11.4 Å². The Morgan fingerprint density at radius 3 is 2.54 bits per heavy atom. The first-order valence-electron chi connectivity index (χ1n) is 8.28. The van der Waals surface area contributed by atoms with E-state index in [1.165, 1.54) is 0 Å². The van der Waals surface area contributed by atoms with Gasteiger partial charge in [-0.15, -0.1) is 10.2 Å². The summed E-state index contributed by atoms with van der Waals surface area (Å²) >= 11 is 0. The molecule has 0 unspecified atom stereocenters. The number of hydrogen-bond acceptors (Lipinski definition) is 4. The number of rotatable bonds is 4. The molecule has 0 spiro atoms. The molecule has 0 radical (unpaired) electrons. The van der Waals surface area contributed by atoms with Crippen LogP contribution in [0.3, 0.4) is 0 Å². The molecule has 0 aliphatic rings. The highest BCUT2D eigenvalue weighted by molar-refractivity contribution is 5.94. The molecular weight excluding hydrogens is 326 g/mol. The third kappa shape index (κ3) is 3.04. The fourth-order valence-corrected chi connectivity index (χ4v) is 2.85. The largest absolute Gasteiger partial charge is 0.337 e. The highest BCUT2D eigenvalue weighted by Gasteiger charge is 2.13. The van der Waals surface area contributed by atoms with Crippen LogP contribution in [-0.2, 0) is 6.54 Å². The van der Waals surface area contributed by atoms with Gasteiger partial charge in [0.2, 0.25) is 0 Å². The molecule has 2 heterocycles. The first-order chi connectivity index (χ1) is 12.7. The van der Waals surface area contributed by atoms with Crippen molar-refractivity contribution in [2.24, 2.45) is 0 Å². The average molecular weight is 343 g/mol. The van der Waals surface area contributed by atoms with Gasteiger partial charge in [-0.2, -0.15) is 0 Å². The Balaban J connectivity index is 1.55. The highest BCUT2D eigenvalue weighted by atomic mass is 16.2. The number of nitrogens with zero attached hydrogens (tertiary/aromatic N) is 5. The number of benzene rings is 2. The van der Waals surface area contributed by atoms with E-state index in [-0.39, 0.29) is 5.91 Å². The zero-order chi connectivity index (χ0) is 17.9. The number of carbonyl (C=O) groups excluding carboxylic acids is 1. The molecule has 0 saturated heterocycles. The SMILES string of the molecule is CN(Cc1ccccc1)C(=O)c1ccc(-c2nnc3ncccn23)cc1. The van der Waals surface area contributed by atoms with Crippen LogP contribution in [0.2, 0.25) is 0 Å². The van der Waals surface area contributed by atoms with E-state index in [2.05, 4.69) is 15.2 Å². The quantitative estimate of drug-likeness (QED) is 0.571. The number of aromatic nitrogens is 4. The highest BCUT2D eigenvalue weighted by Crippen LogP contribution is 2.19. The minimum absolute atomic E-state index is 0.0202. The molecule has 0 saturated carbocycles. The van der Waals surface area contributed by atoms with Gasteiger partial charge >= 0.3 is 0 Å². The minimum Gasteiger partial charge on any atom is -0.337 e. The lowest BCUT2D eigenvalue weighted by molar-refractivity contribution is 0.0785. The summed E-state index contributed by atoms with van der Waals surface area (Å²) in [6, 6.07) is 19.2. The van der Waals surface area contributed by atoms with Crippen LogP contribution < -0.4 is 0 Å². The van der Waals surface area contributed by atoms with E-state index in [4.69, 9.17) is 0 Å². The molecule has 0 N–H and O–H groups in total. The summed E-state index contributed by atoms with van der Waals surface area (Å²) in [7, 11) is 1.81.